The fourth-order valence-electron chi connectivity index (χ4n) is 6.96. The molecule has 226 valence electrons. The molecule has 1 saturated heterocycles. The van der Waals surface area contributed by atoms with Crippen LogP contribution < -0.4 is 4.90 Å². The molecule has 11 heteroatoms. The van der Waals surface area contributed by atoms with E-state index in [4.69, 9.17) is 15.6 Å². The number of ether oxygens (including phenoxy) is 1. The maximum absolute atomic E-state index is 14.4. The van der Waals surface area contributed by atoms with Crippen molar-refractivity contribution in [2.24, 2.45) is 11.3 Å². The number of carbonyl (C=O) groups is 1. The zero-order valence-corrected chi connectivity index (χ0v) is 24.1. The average Bonchev–Trinajstić information content (AvgIpc) is 3.69. The van der Waals surface area contributed by atoms with Crippen molar-refractivity contribution in [3.8, 4) is 6.07 Å². The summed E-state index contributed by atoms with van der Waals surface area (Å²) >= 11 is 0. The van der Waals surface area contributed by atoms with Gasteiger partial charge in [0.25, 0.3) is 5.91 Å². The lowest BCUT2D eigenvalue weighted by molar-refractivity contribution is -0.138. The molecule has 2 aromatic rings. The second kappa shape index (κ2) is 10.8. The summed E-state index contributed by atoms with van der Waals surface area (Å²) in [6.07, 6.45) is -0.0654. The smallest absolute Gasteiger partial charge is 0.379 e. The zero-order valence-electron chi connectivity index (χ0n) is 24.1. The Morgan fingerprint density at radius 1 is 1.26 bits per heavy atom. The van der Waals surface area contributed by atoms with Gasteiger partial charge in [0.1, 0.15) is 5.84 Å². The minimum Gasteiger partial charge on any atom is -0.379 e. The molecule has 2 N–H and O–H groups in total. The highest BCUT2D eigenvalue weighted by Crippen LogP contribution is 2.51. The normalized spacial score (nSPS) is 24.6. The molecule has 2 aromatic carbocycles. The number of nitriles is 1. The molecule has 0 aromatic heterocycles. The molecule has 3 fully saturated rings. The van der Waals surface area contributed by atoms with Gasteiger partial charge in [-0.25, -0.2) is 0 Å². The molecule has 1 spiro atoms. The van der Waals surface area contributed by atoms with Crippen molar-refractivity contribution < 1.29 is 22.7 Å². The maximum atomic E-state index is 14.4. The summed E-state index contributed by atoms with van der Waals surface area (Å²) in [7, 11) is 1.62. The molecule has 0 unspecified atom stereocenters. The number of nitrogens with zero attached hydrogens (tertiary/aromatic N) is 4. The molecular formula is C32H35F3N6O2. The van der Waals surface area contributed by atoms with Gasteiger partial charge in [0.2, 0.25) is 0 Å². The molecule has 0 bridgehead atoms. The Bertz CT molecular complexity index is 1510. The fourth-order valence-corrected chi connectivity index (χ4v) is 6.96. The van der Waals surface area contributed by atoms with Gasteiger partial charge in [-0.05, 0) is 66.6 Å². The largest absolute Gasteiger partial charge is 0.416 e. The van der Waals surface area contributed by atoms with Crippen LogP contribution in [0, 0.1) is 33.5 Å². The molecule has 2 heterocycles. The number of halogens is 3. The van der Waals surface area contributed by atoms with E-state index in [9.17, 15) is 23.2 Å². The number of amidine groups is 1. The van der Waals surface area contributed by atoms with Gasteiger partial charge in [0, 0.05) is 61.1 Å². The summed E-state index contributed by atoms with van der Waals surface area (Å²) in [4.78, 5) is 18.7. The number of nitrogens with one attached hydrogen (secondary N) is 2. The first-order chi connectivity index (χ1) is 20.5. The van der Waals surface area contributed by atoms with Crippen LogP contribution in [0.4, 0.5) is 18.9 Å². The van der Waals surface area contributed by atoms with E-state index in [1.165, 1.54) is 15.9 Å². The molecule has 2 aliphatic heterocycles. The Morgan fingerprint density at radius 2 is 2.02 bits per heavy atom. The molecule has 2 saturated carbocycles. The summed E-state index contributed by atoms with van der Waals surface area (Å²) in [5.74, 6) is -0.406. The van der Waals surface area contributed by atoms with E-state index >= 15 is 0 Å². The molecule has 6 rings (SSSR count). The van der Waals surface area contributed by atoms with Crippen molar-refractivity contribution in [1.82, 2.24) is 9.80 Å². The minimum absolute atomic E-state index is 0.0122. The van der Waals surface area contributed by atoms with Crippen LogP contribution in [0.1, 0.15) is 64.7 Å². The number of anilines is 1. The number of alkyl halides is 3. The van der Waals surface area contributed by atoms with Gasteiger partial charge in [-0.3, -0.25) is 20.5 Å². The second-order valence-corrected chi connectivity index (χ2v) is 12.8. The topological polar surface area (TPSA) is 108 Å². The SMILES string of the molecule is CN(C=N)C(=N)CC1(c2cccc(N3Cc4c(cc(CN5CCOCC6(CC6)C5)cc4C(F)(F)F)C3=O)c2)CC(C#N)C1. The van der Waals surface area contributed by atoms with E-state index in [0.717, 1.165) is 31.3 Å². The first-order valence-electron chi connectivity index (χ1n) is 14.6. The molecule has 2 aliphatic carbocycles. The number of rotatable bonds is 7. The summed E-state index contributed by atoms with van der Waals surface area (Å²) in [6.45, 7) is 2.77. The van der Waals surface area contributed by atoms with Gasteiger partial charge in [-0.15, -0.1) is 0 Å². The van der Waals surface area contributed by atoms with Crippen LogP contribution in [0.5, 0.6) is 0 Å². The summed E-state index contributed by atoms with van der Waals surface area (Å²) in [6, 6.07) is 12.3. The average molecular weight is 593 g/mol. The van der Waals surface area contributed by atoms with Gasteiger partial charge in [0.05, 0.1) is 37.7 Å². The van der Waals surface area contributed by atoms with E-state index < -0.39 is 23.1 Å². The zero-order chi connectivity index (χ0) is 30.6. The van der Waals surface area contributed by atoms with E-state index in [0.29, 0.717) is 56.8 Å². The number of hydrogen-bond acceptors (Lipinski definition) is 6. The molecule has 4 aliphatic rings. The Kier molecular flexibility index (Phi) is 7.33. The lowest BCUT2D eigenvalue weighted by Crippen LogP contribution is -2.44. The van der Waals surface area contributed by atoms with Crippen LogP contribution in [0.25, 0.3) is 0 Å². The third-order valence-electron chi connectivity index (χ3n) is 9.64. The molecule has 0 radical (unpaired) electrons. The highest BCUT2D eigenvalue weighted by Gasteiger charge is 2.48. The number of carbonyl (C=O) groups excluding carboxylic acids is 1. The maximum Gasteiger partial charge on any atom is 0.416 e. The van der Waals surface area contributed by atoms with E-state index in [1.54, 1.807) is 25.2 Å². The number of hydrogen-bond donors (Lipinski definition) is 2. The van der Waals surface area contributed by atoms with Gasteiger partial charge in [-0.1, -0.05) is 12.1 Å². The van der Waals surface area contributed by atoms with Crippen LogP contribution >= 0.6 is 0 Å². The minimum atomic E-state index is -4.61. The number of fused-ring (bicyclic) bond motifs is 1. The highest BCUT2D eigenvalue weighted by molar-refractivity contribution is 6.10. The molecule has 43 heavy (non-hydrogen) atoms. The van der Waals surface area contributed by atoms with Crippen LogP contribution in [-0.2, 0) is 29.4 Å². The van der Waals surface area contributed by atoms with E-state index in [2.05, 4.69) is 11.0 Å². The summed E-state index contributed by atoms with van der Waals surface area (Å²) < 4.78 is 48.9. The Balaban J connectivity index is 1.30. The van der Waals surface area contributed by atoms with Gasteiger partial charge >= 0.3 is 6.18 Å². The standard InChI is InChI=1S/C32H35F3N6O2/c1-39(20-37)28(38)14-31(12-22(13-31)15-36)23-3-2-4-24(11-23)41-17-26-25(29(41)42)9-21(10-27(26)32(33,34)35)16-40-7-8-43-19-30(18-40)5-6-30/h2-4,9-11,20,22,37-38H,5-8,12-14,16-19H2,1H3. The Morgan fingerprint density at radius 3 is 2.70 bits per heavy atom. The Labute approximate surface area is 249 Å². The summed E-state index contributed by atoms with van der Waals surface area (Å²) in [5.41, 5.74) is 0.669. The van der Waals surface area contributed by atoms with Crippen molar-refractivity contribution >= 4 is 23.8 Å². The van der Waals surface area contributed by atoms with Crippen molar-refractivity contribution in [1.29, 1.82) is 16.1 Å². The van der Waals surface area contributed by atoms with Crippen molar-refractivity contribution in [2.75, 3.05) is 38.3 Å². The lowest BCUT2D eigenvalue weighted by Gasteiger charge is -2.46. The first-order valence-corrected chi connectivity index (χ1v) is 14.6. The first kappa shape index (κ1) is 29.3. The Hall–Kier alpha value is -3.75. The monoisotopic (exact) mass is 592 g/mol. The molecule has 0 atom stereocenters. The van der Waals surface area contributed by atoms with Gasteiger partial charge < -0.3 is 14.5 Å². The fraction of sp³-hybridized carbons (Fsp3) is 0.500. The van der Waals surface area contributed by atoms with Crippen molar-refractivity contribution in [3.63, 3.8) is 0 Å². The number of amides is 1. The third-order valence-corrected chi connectivity index (χ3v) is 9.64. The van der Waals surface area contributed by atoms with E-state index in [1.807, 2.05) is 12.1 Å². The summed E-state index contributed by atoms with van der Waals surface area (Å²) in [5, 5.41) is 25.4. The van der Waals surface area contributed by atoms with Crippen LogP contribution in [0.15, 0.2) is 36.4 Å². The number of benzene rings is 2. The lowest BCUT2D eigenvalue weighted by atomic mass is 9.57. The van der Waals surface area contributed by atoms with E-state index in [-0.39, 0.29) is 34.8 Å². The third kappa shape index (κ3) is 5.54. The molecular weight excluding hydrogens is 557 g/mol. The van der Waals surface area contributed by atoms with Gasteiger partial charge in [-0.2, -0.15) is 18.4 Å². The van der Waals surface area contributed by atoms with Crippen LogP contribution in [0.3, 0.4) is 0 Å². The quantitative estimate of drug-likeness (QED) is 0.324. The van der Waals surface area contributed by atoms with Gasteiger partial charge in [0.15, 0.2) is 0 Å². The predicted octanol–water partition coefficient (Wildman–Crippen LogP) is 5.56. The molecule has 8 nitrogen and oxygen atoms in total. The van der Waals surface area contributed by atoms with Crippen molar-refractivity contribution in [2.45, 2.75) is 56.8 Å². The molecule has 1 amide bonds. The predicted molar refractivity (Wildman–Crippen MR) is 155 cm³/mol. The highest BCUT2D eigenvalue weighted by atomic mass is 19.4. The van der Waals surface area contributed by atoms with Crippen LogP contribution in [-0.4, -0.2) is 61.2 Å². The van der Waals surface area contributed by atoms with Crippen molar-refractivity contribution in [3.05, 3.63) is 64.2 Å². The second-order valence-electron chi connectivity index (χ2n) is 12.8. The van der Waals surface area contributed by atoms with Crippen LogP contribution in [0.2, 0.25) is 0 Å².